The average molecular weight is 276 g/mol. The number of hydrogen-bond donors (Lipinski definition) is 2. The minimum atomic E-state index is -0.988. The molecule has 20 heavy (non-hydrogen) atoms. The first kappa shape index (κ1) is 14.8. The summed E-state index contributed by atoms with van der Waals surface area (Å²) >= 11 is 0. The van der Waals surface area contributed by atoms with Gasteiger partial charge in [0, 0.05) is 6.04 Å². The van der Waals surface area contributed by atoms with Crippen molar-refractivity contribution >= 4 is 11.8 Å². The van der Waals surface area contributed by atoms with Crippen molar-refractivity contribution in [1.82, 2.24) is 4.98 Å². The summed E-state index contributed by atoms with van der Waals surface area (Å²) in [5, 5.41) is 12.4. The highest BCUT2D eigenvalue weighted by Gasteiger charge is 2.38. The molecule has 0 unspecified atom stereocenters. The number of carbonyl (C=O) groups is 1. The van der Waals surface area contributed by atoms with Crippen LogP contribution in [0, 0.1) is 10.8 Å². The van der Waals surface area contributed by atoms with Gasteiger partial charge in [-0.25, -0.2) is 9.78 Å². The van der Waals surface area contributed by atoms with Gasteiger partial charge in [0.05, 0.1) is 0 Å². The Kier molecular flexibility index (Phi) is 3.76. The van der Waals surface area contributed by atoms with E-state index in [9.17, 15) is 4.79 Å². The quantitative estimate of drug-likeness (QED) is 0.881. The normalized spacial score (nSPS) is 21.4. The number of pyridine rings is 1. The number of rotatable bonds is 3. The van der Waals surface area contributed by atoms with Gasteiger partial charge >= 0.3 is 5.97 Å². The topological polar surface area (TPSA) is 62.2 Å². The molecule has 0 atom stereocenters. The van der Waals surface area contributed by atoms with Crippen molar-refractivity contribution in [1.29, 1.82) is 0 Å². The zero-order chi connectivity index (χ0) is 15.0. The van der Waals surface area contributed by atoms with Gasteiger partial charge in [0.15, 0.2) is 5.69 Å². The number of nitrogens with one attached hydrogen (secondary N) is 1. The van der Waals surface area contributed by atoms with Crippen LogP contribution in [0.25, 0.3) is 0 Å². The summed E-state index contributed by atoms with van der Waals surface area (Å²) in [5.41, 5.74) is 0.678. The molecule has 1 saturated carbocycles. The third kappa shape index (κ3) is 3.71. The lowest BCUT2D eigenvalue weighted by Gasteiger charge is -2.45. The zero-order valence-electron chi connectivity index (χ0n) is 12.7. The Morgan fingerprint density at radius 1 is 1.25 bits per heavy atom. The fourth-order valence-electron chi connectivity index (χ4n) is 3.79. The van der Waals surface area contributed by atoms with Gasteiger partial charge in [0.2, 0.25) is 0 Å². The van der Waals surface area contributed by atoms with Crippen molar-refractivity contribution < 1.29 is 9.90 Å². The van der Waals surface area contributed by atoms with Crippen molar-refractivity contribution in [3.63, 3.8) is 0 Å². The monoisotopic (exact) mass is 276 g/mol. The molecule has 0 aliphatic heterocycles. The maximum atomic E-state index is 11.0. The third-order valence-corrected chi connectivity index (χ3v) is 3.88. The Morgan fingerprint density at radius 2 is 1.85 bits per heavy atom. The Morgan fingerprint density at radius 3 is 2.40 bits per heavy atom. The van der Waals surface area contributed by atoms with Gasteiger partial charge in [0.1, 0.15) is 5.82 Å². The van der Waals surface area contributed by atoms with Crippen molar-refractivity contribution in [2.24, 2.45) is 10.8 Å². The Bertz CT molecular complexity index is 493. The van der Waals surface area contributed by atoms with Crippen LogP contribution in [0.3, 0.4) is 0 Å². The van der Waals surface area contributed by atoms with Gasteiger partial charge in [-0.1, -0.05) is 33.8 Å². The Labute approximate surface area is 120 Å². The van der Waals surface area contributed by atoms with E-state index in [1.54, 1.807) is 6.07 Å². The molecule has 2 rings (SSSR count). The number of nitrogens with zero attached hydrogens (tertiary/aromatic N) is 1. The maximum absolute atomic E-state index is 11.0. The highest BCUT2D eigenvalue weighted by molar-refractivity contribution is 5.85. The van der Waals surface area contributed by atoms with Crippen molar-refractivity contribution in [2.75, 3.05) is 5.32 Å². The first-order valence-corrected chi connectivity index (χ1v) is 7.14. The molecule has 1 heterocycles. The first-order chi connectivity index (χ1) is 9.17. The van der Waals surface area contributed by atoms with Crippen LogP contribution in [0.1, 0.15) is 57.4 Å². The highest BCUT2D eigenvalue weighted by atomic mass is 16.4. The second kappa shape index (κ2) is 5.08. The van der Waals surface area contributed by atoms with Crippen molar-refractivity contribution in [3.8, 4) is 0 Å². The maximum Gasteiger partial charge on any atom is 0.354 e. The molecule has 1 aromatic heterocycles. The van der Waals surface area contributed by atoms with Gasteiger partial charge < -0.3 is 10.4 Å². The van der Waals surface area contributed by atoms with Crippen LogP contribution in [-0.4, -0.2) is 22.1 Å². The van der Waals surface area contributed by atoms with Gasteiger partial charge in [-0.15, -0.1) is 0 Å². The summed E-state index contributed by atoms with van der Waals surface area (Å²) in [4.78, 5) is 15.1. The van der Waals surface area contributed by atoms with Gasteiger partial charge in [0.25, 0.3) is 0 Å². The zero-order valence-corrected chi connectivity index (χ0v) is 12.7. The molecule has 0 aromatic carbocycles. The lowest BCUT2D eigenvalue weighted by molar-refractivity contribution is 0.0690. The number of hydrogen-bond acceptors (Lipinski definition) is 3. The predicted molar refractivity (Wildman–Crippen MR) is 80.0 cm³/mol. The van der Waals surface area contributed by atoms with Crippen LogP contribution in [-0.2, 0) is 0 Å². The van der Waals surface area contributed by atoms with E-state index in [1.165, 1.54) is 12.5 Å². The minimum absolute atomic E-state index is 0.0873. The number of anilines is 1. The smallest absolute Gasteiger partial charge is 0.354 e. The number of aromatic carboxylic acids is 1. The number of carboxylic acids is 1. The van der Waals surface area contributed by atoms with Crippen LogP contribution in [0.2, 0.25) is 0 Å². The lowest BCUT2D eigenvalue weighted by atomic mass is 9.63. The third-order valence-electron chi connectivity index (χ3n) is 3.88. The highest BCUT2D eigenvalue weighted by Crippen LogP contribution is 2.46. The van der Waals surface area contributed by atoms with Gasteiger partial charge in [-0.3, -0.25) is 0 Å². The minimum Gasteiger partial charge on any atom is -0.477 e. The molecule has 1 fully saturated rings. The number of carboxylic acid groups (broad SMARTS) is 1. The molecule has 2 N–H and O–H groups in total. The molecule has 0 radical (unpaired) electrons. The molecule has 0 saturated heterocycles. The molecule has 110 valence electrons. The fraction of sp³-hybridized carbons (Fsp3) is 0.625. The summed E-state index contributed by atoms with van der Waals surface area (Å²) in [6.07, 6.45) is 3.37. The van der Waals surface area contributed by atoms with E-state index in [1.807, 2.05) is 6.07 Å². The molecule has 0 amide bonds. The van der Waals surface area contributed by atoms with Crippen LogP contribution < -0.4 is 5.32 Å². The molecule has 1 aliphatic rings. The lowest BCUT2D eigenvalue weighted by Crippen LogP contribution is -2.40. The molecular weight excluding hydrogens is 252 g/mol. The van der Waals surface area contributed by atoms with E-state index in [4.69, 9.17) is 5.11 Å². The molecule has 1 aliphatic carbocycles. The summed E-state index contributed by atoms with van der Waals surface area (Å²) in [6.45, 7) is 9.18. The predicted octanol–water partition coefficient (Wildman–Crippen LogP) is 3.80. The van der Waals surface area contributed by atoms with E-state index in [-0.39, 0.29) is 5.69 Å². The summed E-state index contributed by atoms with van der Waals surface area (Å²) in [6, 6.07) is 5.42. The van der Waals surface area contributed by atoms with Crippen molar-refractivity contribution in [3.05, 3.63) is 23.9 Å². The summed E-state index contributed by atoms with van der Waals surface area (Å²) in [7, 11) is 0. The largest absolute Gasteiger partial charge is 0.477 e. The van der Waals surface area contributed by atoms with Gasteiger partial charge in [-0.2, -0.15) is 0 Å². The molecular formula is C16H24N2O2. The second-order valence-corrected chi connectivity index (χ2v) is 7.47. The summed E-state index contributed by atoms with van der Waals surface area (Å²) < 4.78 is 0. The van der Waals surface area contributed by atoms with Crippen LogP contribution in [0.4, 0.5) is 5.82 Å². The van der Waals surface area contributed by atoms with E-state index in [0.29, 0.717) is 22.7 Å². The first-order valence-electron chi connectivity index (χ1n) is 7.14. The SMILES string of the molecule is CC1(C)CC(Nc2cccc(C(=O)O)n2)CC(C)(C)C1. The fourth-order valence-corrected chi connectivity index (χ4v) is 3.79. The molecule has 1 aromatic rings. The van der Waals surface area contributed by atoms with E-state index < -0.39 is 5.97 Å². The van der Waals surface area contributed by atoms with Gasteiger partial charge in [-0.05, 0) is 42.2 Å². The van der Waals surface area contributed by atoms with Crippen molar-refractivity contribution in [2.45, 2.75) is 53.0 Å². The van der Waals surface area contributed by atoms with Crippen LogP contribution in [0.15, 0.2) is 18.2 Å². The standard InChI is InChI=1S/C16H24N2O2/c1-15(2)8-11(9-16(3,4)10-15)17-13-7-5-6-12(18-13)14(19)20/h5-7,11H,8-10H2,1-4H3,(H,17,18)(H,19,20). The van der Waals surface area contributed by atoms with E-state index in [0.717, 1.165) is 12.8 Å². The Balaban J connectivity index is 2.13. The molecule has 0 bridgehead atoms. The second-order valence-electron chi connectivity index (χ2n) is 7.47. The number of aromatic nitrogens is 1. The van der Waals surface area contributed by atoms with E-state index in [2.05, 4.69) is 38.0 Å². The summed E-state index contributed by atoms with van der Waals surface area (Å²) in [5.74, 6) is -0.332. The molecule has 4 nitrogen and oxygen atoms in total. The molecule has 4 heteroatoms. The van der Waals surface area contributed by atoms with Crippen LogP contribution >= 0.6 is 0 Å². The Hall–Kier alpha value is -1.58. The van der Waals surface area contributed by atoms with Crippen LogP contribution in [0.5, 0.6) is 0 Å². The average Bonchev–Trinajstić information content (AvgIpc) is 2.24. The molecule has 0 spiro atoms. The van der Waals surface area contributed by atoms with E-state index >= 15 is 0 Å².